The zero-order chi connectivity index (χ0) is 13.5. The number of rotatable bonds is 1. The first-order valence-electron chi connectivity index (χ1n) is 6.89. The van der Waals surface area contributed by atoms with Crippen LogP contribution in [0.2, 0.25) is 0 Å². The van der Waals surface area contributed by atoms with Crippen LogP contribution in [-0.4, -0.2) is 4.40 Å². The van der Waals surface area contributed by atoms with Crippen molar-refractivity contribution in [3.05, 3.63) is 78.5 Å². The van der Waals surface area contributed by atoms with Crippen LogP contribution in [-0.2, 0) is 0 Å². The van der Waals surface area contributed by atoms with Gasteiger partial charge in [0.25, 0.3) is 0 Å². The van der Waals surface area contributed by atoms with E-state index >= 15 is 0 Å². The SMILES string of the molecule is Cc1ccccc1-c1cc2ccccc2n2cccc12. The molecule has 0 radical (unpaired) electrons. The quantitative estimate of drug-likeness (QED) is 0.448. The van der Waals surface area contributed by atoms with Crippen LogP contribution in [0.3, 0.4) is 0 Å². The molecule has 2 aromatic heterocycles. The third-order valence-corrected chi connectivity index (χ3v) is 3.96. The van der Waals surface area contributed by atoms with Crippen LogP contribution >= 0.6 is 0 Å². The maximum atomic E-state index is 2.30. The van der Waals surface area contributed by atoms with Gasteiger partial charge in [0.15, 0.2) is 0 Å². The Balaban J connectivity index is 2.17. The maximum absolute atomic E-state index is 2.30. The third-order valence-electron chi connectivity index (χ3n) is 3.96. The number of pyridine rings is 1. The molecule has 0 unspecified atom stereocenters. The summed E-state index contributed by atoms with van der Waals surface area (Å²) in [6.45, 7) is 2.17. The van der Waals surface area contributed by atoms with Crippen molar-refractivity contribution in [1.29, 1.82) is 0 Å². The number of benzene rings is 2. The van der Waals surface area contributed by atoms with Crippen LogP contribution in [0.5, 0.6) is 0 Å². The van der Waals surface area contributed by atoms with E-state index in [1.165, 1.54) is 33.1 Å². The second-order valence-corrected chi connectivity index (χ2v) is 5.20. The van der Waals surface area contributed by atoms with Crippen molar-refractivity contribution >= 4 is 16.4 Å². The average molecular weight is 257 g/mol. The van der Waals surface area contributed by atoms with E-state index in [1.54, 1.807) is 0 Å². The summed E-state index contributed by atoms with van der Waals surface area (Å²) in [6, 6.07) is 23.7. The second kappa shape index (κ2) is 4.24. The summed E-state index contributed by atoms with van der Waals surface area (Å²) in [4.78, 5) is 0. The van der Waals surface area contributed by atoms with Gasteiger partial charge in [0.1, 0.15) is 0 Å². The van der Waals surface area contributed by atoms with Crippen LogP contribution in [0.4, 0.5) is 0 Å². The van der Waals surface area contributed by atoms with E-state index in [4.69, 9.17) is 0 Å². The summed E-state index contributed by atoms with van der Waals surface area (Å²) in [7, 11) is 0. The molecule has 0 atom stereocenters. The van der Waals surface area contributed by atoms with E-state index in [1.807, 2.05) is 0 Å². The van der Waals surface area contributed by atoms with Crippen LogP contribution < -0.4 is 0 Å². The van der Waals surface area contributed by atoms with Crippen LogP contribution in [0, 0.1) is 6.92 Å². The number of para-hydroxylation sites is 1. The van der Waals surface area contributed by atoms with Gasteiger partial charge in [-0.3, -0.25) is 0 Å². The number of hydrogen-bond donors (Lipinski definition) is 0. The van der Waals surface area contributed by atoms with E-state index in [0.717, 1.165) is 0 Å². The summed E-state index contributed by atoms with van der Waals surface area (Å²) >= 11 is 0. The van der Waals surface area contributed by atoms with Crippen molar-refractivity contribution in [2.45, 2.75) is 6.92 Å². The molecule has 0 saturated carbocycles. The van der Waals surface area contributed by atoms with E-state index in [9.17, 15) is 0 Å². The molecule has 1 heteroatoms. The molecule has 0 fully saturated rings. The molecule has 4 rings (SSSR count). The highest BCUT2D eigenvalue weighted by Crippen LogP contribution is 2.31. The molecular formula is C19H15N. The van der Waals surface area contributed by atoms with Crippen LogP contribution in [0.25, 0.3) is 27.5 Å². The first kappa shape index (κ1) is 11.3. The molecule has 0 N–H and O–H groups in total. The Morgan fingerprint density at radius 3 is 2.35 bits per heavy atom. The van der Waals surface area contributed by atoms with Crippen LogP contribution in [0.15, 0.2) is 72.9 Å². The fraction of sp³-hybridized carbons (Fsp3) is 0.0526. The summed E-state index contributed by atoms with van der Waals surface area (Å²) < 4.78 is 2.27. The van der Waals surface area contributed by atoms with Gasteiger partial charge in [-0.15, -0.1) is 0 Å². The van der Waals surface area contributed by atoms with Gasteiger partial charge in [-0.25, -0.2) is 0 Å². The number of fused-ring (bicyclic) bond motifs is 3. The summed E-state index contributed by atoms with van der Waals surface area (Å²) in [6.07, 6.45) is 2.14. The minimum atomic E-state index is 1.25. The fourth-order valence-corrected chi connectivity index (χ4v) is 2.96. The Labute approximate surface area is 118 Å². The third kappa shape index (κ3) is 1.56. The molecule has 0 aliphatic carbocycles. The Morgan fingerprint density at radius 2 is 1.45 bits per heavy atom. The highest BCUT2D eigenvalue weighted by Gasteiger charge is 2.09. The van der Waals surface area contributed by atoms with Crippen molar-refractivity contribution < 1.29 is 0 Å². The zero-order valence-electron chi connectivity index (χ0n) is 11.4. The number of aromatic nitrogens is 1. The zero-order valence-corrected chi connectivity index (χ0v) is 11.4. The Kier molecular flexibility index (Phi) is 2.40. The largest absolute Gasteiger partial charge is 0.316 e. The van der Waals surface area contributed by atoms with Crippen molar-refractivity contribution in [3.8, 4) is 11.1 Å². The van der Waals surface area contributed by atoms with Crippen molar-refractivity contribution in [3.63, 3.8) is 0 Å². The predicted octanol–water partition coefficient (Wildman–Crippen LogP) is 5.07. The highest BCUT2D eigenvalue weighted by molar-refractivity contribution is 5.93. The molecule has 0 aliphatic heterocycles. The minimum absolute atomic E-state index is 1.25. The maximum Gasteiger partial charge on any atom is 0.0535 e. The van der Waals surface area contributed by atoms with Gasteiger partial charge in [-0.1, -0.05) is 42.5 Å². The van der Waals surface area contributed by atoms with Gasteiger partial charge >= 0.3 is 0 Å². The summed E-state index contributed by atoms with van der Waals surface area (Å²) in [5.41, 5.74) is 6.43. The van der Waals surface area contributed by atoms with Gasteiger partial charge < -0.3 is 4.40 Å². The normalized spacial score (nSPS) is 11.2. The van der Waals surface area contributed by atoms with Gasteiger partial charge in [-0.05, 0) is 47.7 Å². The molecular weight excluding hydrogens is 242 g/mol. The Hall–Kier alpha value is -2.54. The molecule has 0 bridgehead atoms. The molecule has 4 aromatic rings. The molecule has 0 aliphatic rings. The molecule has 2 heterocycles. The summed E-state index contributed by atoms with van der Waals surface area (Å²) in [5.74, 6) is 0. The number of hydrogen-bond acceptors (Lipinski definition) is 0. The van der Waals surface area contributed by atoms with Crippen molar-refractivity contribution in [2.75, 3.05) is 0 Å². The molecule has 20 heavy (non-hydrogen) atoms. The highest BCUT2D eigenvalue weighted by atomic mass is 14.9. The second-order valence-electron chi connectivity index (χ2n) is 5.20. The van der Waals surface area contributed by atoms with Crippen molar-refractivity contribution in [1.82, 2.24) is 4.40 Å². The molecule has 0 amide bonds. The molecule has 0 spiro atoms. The number of nitrogens with zero attached hydrogens (tertiary/aromatic N) is 1. The fourth-order valence-electron chi connectivity index (χ4n) is 2.96. The van der Waals surface area contributed by atoms with Gasteiger partial charge in [0, 0.05) is 11.8 Å². The smallest absolute Gasteiger partial charge is 0.0535 e. The Bertz CT molecular complexity index is 915. The van der Waals surface area contributed by atoms with Crippen LogP contribution in [0.1, 0.15) is 5.56 Å². The lowest BCUT2D eigenvalue weighted by Crippen LogP contribution is -1.91. The monoisotopic (exact) mass is 257 g/mol. The van der Waals surface area contributed by atoms with E-state index in [2.05, 4.69) is 84.3 Å². The molecule has 96 valence electrons. The van der Waals surface area contributed by atoms with E-state index in [-0.39, 0.29) is 0 Å². The lowest BCUT2D eigenvalue weighted by Gasteiger charge is -2.11. The first-order chi connectivity index (χ1) is 9.84. The molecule has 2 aromatic carbocycles. The first-order valence-corrected chi connectivity index (χ1v) is 6.89. The van der Waals surface area contributed by atoms with Gasteiger partial charge in [0.2, 0.25) is 0 Å². The Morgan fingerprint density at radius 1 is 0.700 bits per heavy atom. The topological polar surface area (TPSA) is 4.41 Å². The summed E-state index contributed by atoms with van der Waals surface area (Å²) in [5, 5.41) is 1.27. The van der Waals surface area contributed by atoms with Crippen molar-refractivity contribution in [2.24, 2.45) is 0 Å². The standard InChI is InChI=1S/C19H15N/c1-14-7-2-4-9-16(14)17-13-15-8-3-5-10-18(15)20-12-6-11-19(17)20/h2-13H,1H3. The van der Waals surface area contributed by atoms with Gasteiger partial charge in [0.05, 0.1) is 11.0 Å². The average Bonchev–Trinajstić information content (AvgIpc) is 2.97. The van der Waals surface area contributed by atoms with E-state index < -0.39 is 0 Å². The van der Waals surface area contributed by atoms with E-state index in [0.29, 0.717) is 0 Å². The van der Waals surface area contributed by atoms with Gasteiger partial charge in [-0.2, -0.15) is 0 Å². The number of aryl methyl sites for hydroxylation is 1. The lowest BCUT2D eigenvalue weighted by molar-refractivity contribution is 1.27. The predicted molar refractivity (Wildman–Crippen MR) is 85.1 cm³/mol. The minimum Gasteiger partial charge on any atom is -0.316 e. The molecule has 1 nitrogen and oxygen atoms in total. The lowest BCUT2D eigenvalue weighted by atomic mass is 9.99. The molecule has 0 saturated heterocycles.